The lowest BCUT2D eigenvalue weighted by molar-refractivity contribution is -0.140. The zero-order valence-corrected chi connectivity index (χ0v) is 27.0. The van der Waals surface area contributed by atoms with Crippen molar-refractivity contribution in [1.29, 1.82) is 0 Å². The second-order valence-electron chi connectivity index (χ2n) is 11.1. The third-order valence-electron chi connectivity index (χ3n) is 7.36. The Bertz CT molecular complexity index is 1680. The highest BCUT2D eigenvalue weighted by Crippen LogP contribution is 2.27. The quantitative estimate of drug-likeness (QED) is 0.198. The Kier molecular flexibility index (Phi) is 10.8. The summed E-state index contributed by atoms with van der Waals surface area (Å²) in [6, 6.07) is 28.9. The fraction of sp³-hybridized carbons (Fsp3) is 0.257. The predicted octanol–water partition coefficient (Wildman–Crippen LogP) is 6.32. The molecule has 0 aliphatic carbocycles. The summed E-state index contributed by atoms with van der Waals surface area (Å²) in [7, 11) is -4.20. The zero-order chi connectivity index (χ0) is 31.9. The van der Waals surface area contributed by atoms with Crippen molar-refractivity contribution in [3.8, 4) is 0 Å². The van der Waals surface area contributed by atoms with E-state index in [2.05, 4.69) is 5.32 Å². The smallest absolute Gasteiger partial charge is 0.264 e. The number of hydrogen-bond donors (Lipinski definition) is 1. The Morgan fingerprint density at radius 1 is 0.795 bits per heavy atom. The number of halogens is 1. The first kappa shape index (κ1) is 32.8. The standard InChI is InChI=1S/C35H38ClN3O4S/c1-25(2)37-35(41)33(22-28-11-7-5-8-12-28)38(23-29-13-9-6-10-14-29)34(40)24-39(31-18-15-26(3)27(4)21-31)44(42,43)32-19-16-30(36)17-20-32/h5-21,25,33H,22-24H2,1-4H3,(H,37,41)/t33-/m0/s1. The average molecular weight is 632 g/mol. The highest BCUT2D eigenvalue weighted by Gasteiger charge is 2.35. The van der Waals surface area contributed by atoms with E-state index >= 15 is 0 Å². The van der Waals surface area contributed by atoms with Crippen LogP contribution < -0.4 is 9.62 Å². The molecule has 0 fully saturated rings. The van der Waals surface area contributed by atoms with Gasteiger partial charge in [0.2, 0.25) is 11.8 Å². The van der Waals surface area contributed by atoms with Crippen LogP contribution in [0.25, 0.3) is 0 Å². The summed E-state index contributed by atoms with van der Waals surface area (Å²) in [5.74, 6) is -0.823. The number of anilines is 1. The first-order valence-electron chi connectivity index (χ1n) is 14.5. The summed E-state index contributed by atoms with van der Waals surface area (Å²) in [5, 5.41) is 3.36. The summed E-state index contributed by atoms with van der Waals surface area (Å²) in [6.07, 6.45) is 0.255. The Morgan fingerprint density at radius 2 is 1.39 bits per heavy atom. The topological polar surface area (TPSA) is 86.8 Å². The molecule has 0 saturated heterocycles. The van der Waals surface area contributed by atoms with Crippen LogP contribution in [0.2, 0.25) is 5.02 Å². The Morgan fingerprint density at radius 3 is 1.95 bits per heavy atom. The number of benzene rings is 4. The number of nitrogens with one attached hydrogen (secondary N) is 1. The number of carbonyl (C=O) groups is 2. The van der Waals surface area contributed by atoms with Crippen molar-refractivity contribution < 1.29 is 18.0 Å². The normalized spacial score (nSPS) is 12.0. The number of aryl methyl sites for hydroxylation is 2. The van der Waals surface area contributed by atoms with Crippen molar-refractivity contribution >= 4 is 39.1 Å². The molecule has 2 amide bonds. The molecule has 4 aromatic rings. The van der Waals surface area contributed by atoms with Gasteiger partial charge in [-0.05, 0) is 86.3 Å². The van der Waals surface area contributed by atoms with Crippen LogP contribution in [0, 0.1) is 13.8 Å². The number of amides is 2. The number of sulfonamides is 1. The van der Waals surface area contributed by atoms with E-state index in [1.807, 2.05) is 94.4 Å². The van der Waals surface area contributed by atoms with Gasteiger partial charge in [-0.1, -0.05) is 78.3 Å². The molecule has 7 nitrogen and oxygen atoms in total. The molecule has 0 radical (unpaired) electrons. The molecule has 0 aromatic heterocycles. The van der Waals surface area contributed by atoms with Gasteiger partial charge in [0.25, 0.3) is 10.0 Å². The molecule has 4 aromatic carbocycles. The van der Waals surface area contributed by atoms with Gasteiger partial charge in [-0.15, -0.1) is 0 Å². The van der Waals surface area contributed by atoms with Crippen LogP contribution in [-0.4, -0.2) is 43.8 Å². The van der Waals surface area contributed by atoms with E-state index in [0.29, 0.717) is 10.7 Å². The van der Waals surface area contributed by atoms with Crippen molar-refractivity contribution in [2.24, 2.45) is 0 Å². The van der Waals surface area contributed by atoms with Crippen LogP contribution >= 0.6 is 11.6 Å². The highest BCUT2D eigenvalue weighted by molar-refractivity contribution is 7.92. The molecule has 44 heavy (non-hydrogen) atoms. The second-order valence-corrected chi connectivity index (χ2v) is 13.4. The average Bonchev–Trinajstić information content (AvgIpc) is 3.00. The van der Waals surface area contributed by atoms with Gasteiger partial charge in [-0.3, -0.25) is 13.9 Å². The zero-order valence-electron chi connectivity index (χ0n) is 25.4. The predicted molar refractivity (Wildman–Crippen MR) is 176 cm³/mol. The Balaban J connectivity index is 1.81. The number of carbonyl (C=O) groups excluding carboxylic acids is 2. The maximum Gasteiger partial charge on any atom is 0.264 e. The summed E-state index contributed by atoms with van der Waals surface area (Å²) < 4.78 is 29.4. The summed E-state index contributed by atoms with van der Waals surface area (Å²) >= 11 is 6.06. The SMILES string of the molecule is Cc1ccc(N(CC(=O)N(Cc2ccccc2)[C@@H](Cc2ccccc2)C(=O)NC(C)C)S(=O)(=O)c2ccc(Cl)cc2)cc1C. The van der Waals surface area contributed by atoms with Gasteiger partial charge >= 0.3 is 0 Å². The fourth-order valence-electron chi connectivity index (χ4n) is 4.86. The molecule has 1 N–H and O–H groups in total. The van der Waals surface area contributed by atoms with Crippen molar-refractivity contribution in [2.45, 2.75) is 57.6 Å². The molecule has 4 rings (SSSR count). The highest BCUT2D eigenvalue weighted by atomic mass is 35.5. The summed E-state index contributed by atoms with van der Waals surface area (Å²) in [6.45, 7) is 7.15. The minimum absolute atomic E-state index is 0.000855. The minimum atomic E-state index is -4.20. The first-order chi connectivity index (χ1) is 21.0. The summed E-state index contributed by atoms with van der Waals surface area (Å²) in [4.78, 5) is 29.7. The van der Waals surface area contributed by atoms with Gasteiger partial charge in [0.15, 0.2) is 0 Å². The second kappa shape index (κ2) is 14.6. The molecule has 0 aliphatic heterocycles. The van der Waals surface area contributed by atoms with Crippen molar-refractivity contribution in [3.63, 3.8) is 0 Å². The third kappa shape index (κ3) is 8.27. The van der Waals surface area contributed by atoms with E-state index in [4.69, 9.17) is 11.6 Å². The van der Waals surface area contributed by atoms with E-state index < -0.39 is 28.5 Å². The third-order valence-corrected chi connectivity index (χ3v) is 9.40. The monoisotopic (exact) mass is 631 g/mol. The molecule has 0 bridgehead atoms. The van der Waals surface area contributed by atoms with Gasteiger partial charge in [0, 0.05) is 24.0 Å². The summed E-state index contributed by atoms with van der Waals surface area (Å²) in [5.41, 5.74) is 3.91. The van der Waals surface area contributed by atoms with E-state index in [1.165, 1.54) is 29.2 Å². The number of hydrogen-bond acceptors (Lipinski definition) is 4. The van der Waals surface area contributed by atoms with E-state index in [9.17, 15) is 18.0 Å². The fourth-order valence-corrected chi connectivity index (χ4v) is 6.39. The molecule has 9 heteroatoms. The van der Waals surface area contributed by atoms with Crippen LogP contribution in [0.5, 0.6) is 0 Å². The molecule has 0 saturated carbocycles. The lowest BCUT2D eigenvalue weighted by atomic mass is 10.0. The van der Waals surface area contributed by atoms with E-state index in [1.54, 1.807) is 12.1 Å². The van der Waals surface area contributed by atoms with Crippen molar-refractivity contribution in [3.05, 3.63) is 130 Å². The van der Waals surface area contributed by atoms with Crippen LogP contribution in [0.3, 0.4) is 0 Å². The maximum absolute atomic E-state index is 14.5. The molecule has 230 valence electrons. The van der Waals surface area contributed by atoms with Crippen molar-refractivity contribution in [1.82, 2.24) is 10.2 Å². The molecule has 1 atom stereocenters. The molecular weight excluding hydrogens is 594 g/mol. The first-order valence-corrected chi connectivity index (χ1v) is 16.3. The molecule has 0 spiro atoms. The minimum Gasteiger partial charge on any atom is -0.352 e. The van der Waals surface area contributed by atoms with Crippen LogP contribution in [0.1, 0.15) is 36.1 Å². The van der Waals surface area contributed by atoms with E-state index in [0.717, 1.165) is 26.6 Å². The van der Waals surface area contributed by atoms with Crippen LogP contribution in [0.4, 0.5) is 5.69 Å². The molecule has 0 heterocycles. The van der Waals surface area contributed by atoms with Crippen LogP contribution in [-0.2, 0) is 32.6 Å². The van der Waals surface area contributed by atoms with Gasteiger partial charge in [-0.25, -0.2) is 8.42 Å². The number of rotatable bonds is 12. The van der Waals surface area contributed by atoms with Gasteiger partial charge in [0.1, 0.15) is 12.6 Å². The van der Waals surface area contributed by atoms with Crippen molar-refractivity contribution in [2.75, 3.05) is 10.8 Å². The lowest BCUT2D eigenvalue weighted by Gasteiger charge is -2.34. The molecular formula is C35H38ClN3O4S. The lowest BCUT2D eigenvalue weighted by Crippen LogP contribution is -2.54. The Labute approximate surface area is 265 Å². The van der Waals surface area contributed by atoms with Crippen LogP contribution in [0.15, 0.2) is 108 Å². The van der Waals surface area contributed by atoms with E-state index in [-0.39, 0.29) is 29.8 Å². The largest absolute Gasteiger partial charge is 0.352 e. The van der Waals surface area contributed by atoms with Gasteiger partial charge in [0.05, 0.1) is 10.6 Å². The maximum atomic E-state index is 14.5. The molecule has 0 aliphatic rings. The van der Waals surface area contributed by atoms with Gasteiger partial charge < -0.3 is 10.2 Å². The number of nitrogens with zero attached hydrogens (tertiary/aromatic N) is 2. The van der Waals surface area contributed by atoms with Gasteiger partial charge in [-0.2, -0.15) is 0 Å². The Hall–Kier alpha value is -4.14. The molecule has 0 unspecified atom stereocenters.